The van der Waals surface area contributed by atoms with Crippen LogP contribution in [0.2, 0.25) is 5.02 Å². The highest BCUT2D eigenvalue weighted by molar-refractivity contribution is 6.31. The molecule has 0 saturated carbocycles. The lowest BCUT2D eigenvalue weighted by Crippen LogP contribution is -2.15. The number of nitrogens with zero attached hydrogens (tertiary/aromatic N) is 1. The molecule has 1 amide bonds. The van der Waals surface area contributed by atoms with Crippen molar-refractivity contribution in [3.63, 3.8) is 0 Å². The van der Waals surface area contributed by atoms with E-state index in [1.54, 1.807) is 35.0 Å². The molecule has 4 nitrogen and oxygen atoms in total. The molecular formula is C15H15ClN2O2. The Balaban J connectivity index is 1.96. The monoisotopic (exact) mass is 290 g/mol. The lowest BCUT2D eigenvalue weighted by atomic mass is 10.2. The molecule has 0 saturated heterocycles. The Hall–Kier alpha value is -2.07. The topological polar surface area (TPSA) is 51.1 Å². The third kappa shape index (κ3) is 3.48. The number of benzene rings is 1. The first-order chi connectivity index (χ1) is 9.60. The molecule has 0 aliphatic carbocycles. The van der Waals surface area contributed by atoms with Gasteiger partial charge in [-0.3, -0.25) is 9.59 Å². The normalized spacial score (nSPS) is 10.3. The van der Waals surface area contributed by atoms with Crippen molar-refractivity contribution in [3.8, 4) is 0 Å². The van der Waals surface area contributed by atoms with Gasteiger partial charge in [0.25, 0.3) is 0 Å². The van der Waals surface area contributed by atoms with Crippen molar-refractivity contribution >= 4 is 29.5 Å². The standard InChI is InChI=1S/C15H15ClN2O2/c1-11-4-5-12(16)9-14(11)17-15(20)6-8-18-7-2-3-13(18)10-19/h2-5,7,9-10H,6,8H2,1H3,(H,17,20). The van der Waals surface area contributed by atoms with Crippen LogP contribution in [0, 0.1) is 6.92 Å². The second-order valence-corrected chi connectivity index (χ2v) is 4.94. The number of hydrogen-bond donors (Lipinski definition) is 1. The fourth-order valence-electron chi connectivity index (χ4n) is 1.90. The van der Waals surface area contributed by atoms with Crippen LogP contribution in [-0.4, -0.2) is 16.8 Å². The van der Waals surface area contributed by atoms with Crippen molar-refractivity contribution in [1.82, 2.24) is 4.57 Å². The minimum atomic E-state index is -0.110. The number of nitrogens with one attached hydrogen (secondary N) is 1. The molecule has 0 fully saturated rings. The molecule has 0 atom stereocenters. The molecule has 1 aromatic carbocycles. The number of amides is 1. The van der Waals surface area contributed by atoms with Gasteiger partial charge in [0.2, 0.25) is 5.91 Å². The Kier molecular flexibility index (Phi) is 4.58. The molecule has 1 aromatic heterocycles. The van der Waals surface area contributed by atoms with E-state index in [1.807, 2.05) is 13.0 Å². The molecule has 1 N–H and O–H groups in total. The number of anilines is 1. The summed E-state index contributed by atoms with van der Waals surface area (Å²) in [5.41, 5.74) is 2.24. The SMILES string of the molecule is Cc1ccc(Cl)cc1NC(=O)CCn1cccc1C=O. The van der Waals surface area contributed by atoms with Crippen LogP contribution in [0.1, 0.15) is 22.5 Å². The van der Waals surface area contributed by atoms with E-state index in [0.29, 0.717) is 29.4 Å². The zero-order valence-corrected chi connectivity index (χ0v) is 11.9. The fraction of sp³-hybridized carbons (Fsp3) is 0.200. The van der Waals surface area contributed by atoms with Gasteiger partial charge < -0.3 is 9.88 Å². The van der Waals surface area contributed by atoms with Crippen LogP contribution in [-0.2, 0) is 11.3 Å². The van der Waals surface area contributed by atoms with E-state index in [0.717, 1.165) is 11.8 Å². The van der Waals surface area contributed by atoms with Gasteiger partial charge in [-0.25, -0.2) is 0 Å². The first-order valence-corrected chi connectivity index (χ1v) is 6.64. The molecule has 0 aliphatic rings. The van der Waals surface area contributed by atoms with Gasteiger partial charge in [-0.05, 0) is 36.8 Å². The number of halogens is 1. The first-order valence-electron chi connectivity index (χ1n) is 6.26. The average molecular weight is 291 g/mol. The molecule has 1 heterocycles. The number of aromatic nitrogens is 1. The van der Waals surface area contributed by atoms with Gasteiger partial charge in [0, 0.05) is 29.9 Å². The quantitative estimate of drug-likeness (QED) is 0.859. The van der Waals surface area contributed by atoms with Crippen LogP contribution < -0.4 is 5.32 Å². The summed E-state index contributed by atoms with van der Waals surface area (Å²) >= 11 is 5.90. The van der Waals surface area contributed by atoms with E-state index in [4.69, 9.17) is 11.6 Å². The smallest absolute Gasteiger partial charge is 0.226 e. The van der Waals surface area contributed by atoms with Crippen molar-refractivity contribution in [2.75, 3.05) is 5.32 Å². The Morgan fingerprint density at radius 2 is 2.20 bits per heavy atom. The van der Waals surface area contributed by atoms with Crippen LogP contribution >= 0.6 is 11.6 Å². The Labute approximate surface area is 122 Å². The zero-order valence-electron chi connectivity index (χ0n) is 11.1. The predicted molar refractivity (Wildman–Crippen MR) is 79.3 cm³/mol. The molecule has 0 aliphatic heterocycles. The molecule has 5 heteroatoms. The van der Waals surface area contributed by atoms with Crippen molar-refractivity contribution in [2.45, 2.75) is 19.9 Å². The van der Waals surface area contributed by atoms with Gasteiger partial charge in [-0.1, -0.05) is 17.7 Å². The van der Waals surface area contributed by atoms with Crippen molar-refractivity contribution in [3.05, 3.63) is 52.8 Å². The van der Waals surface area contributed by atoms with E-state index in [2.05, 4.69) is 5.32 Å². The molecular weight excluding hydrogens is 276 g/mol. The maximum atomic E-state index is 11.9. The van der Waals surface area contributed by atoms with Crippen molar-refractivity contribution in [1.29, 1.82) is 0 Å². The number of hydrogen-bond acceptors (Lipinski definition) is 2. The van der Waals surface area contributed by atoms with Gasteiger partial charge in [-0.2, -0.15) is 0 Å². The third-order valence-electron chi connectivity index (χ3n) is 3.04. The minimum Gasteiger partial charge on any atom is -0.345 e. The van der Waals surface area contributed by atoms with Gasteiger partial charge in [0.05, 0.1) is 5.69 Å². The molecule has 2 rings (SSSR count). The maximum Gasteiger partial charge on any atom is 0.226 e. The Morgan fingerprint density at radius 3 is 2.95 bits per heavy atom. The lowest BCUT2D eigenvalue weighted by Gasteiger charge is -2.09. The van der Waals surface area contributed by atoms with E-state index in [9.17, 15) is 9.59 Å². The highest BCUT2D eigenvalue weighted by Crippen LogP contribution is 2.20. The molecule has 0 bridgehead atoms. The number of rotatable bonds is 5. The number of aldehydes is 1. The lowest BCUT2D eigenvalue weighted by molar-refractivity contribution is -0.116. The molecule has 104 valence electrons. The largest absolute Gasteiger partial charge is 0.345 e. The summed E-state index contributed by atoms with van der Waals surface area (Å²) in [6.45, 7) is 2.37. The van der Waals surface area contributed by atoms with E-state index >= 15 is 0 Å². The summed E-state index contributed by atoms with van der Waals surface area (Å²) < 4.78 is 1.75. The summed E-state index contributed by atoms with van der Waals surface area (Å²) in [6.07, 6.45) is 2.85. The fourth-order valence-corrected chi connectivity index (χ4v) is 2.07. The van der Waals surface area contributed by atoms with Crippen LogP contribution in [0.5, 0.6) is 0 Å². The van der Waals surface area contributed by atoms with Crippen molar-refractivity contribution in [2.24, 2.45) is 0 Å². The maximum absolute atomic E-state index is 11.9. The Bertz CT molecular complexity index is 635. The highest BCUT2D eigenvalue weighted by Gasteiger charge is 2.07. The number of aryl methyl sites for hydroxylation is 2. The zero-order chi connectivity index (χ0) is 14.5. The van der Waals surface area contributed by atoms with E-state index < -0.39 is 0 Å². The average Bonchev–Trinajstić information content (AvgIpc) is 2.88. The van der Waals surface area contributed by atoms with E-state index in [1.165, 1.54) is 0 Å². The third-order valence-corrected chi connectivity index (χ3v) is 3.27. The number of carbonyl (C=O) groups is 2. The van der Waals surface area contributed by atoms with Gasteiger partial charge >= 0.3 is 0 Å². The minimum absolute atomic E-state index is 0.110. The highest BCUT2D eigenvalue weighted by atomic mass is 35.5. The molecule has 0 unspecified atom stereocenters. The summed E-state index contributed by atoms with van der Waals surface area (Å²) in [6, 6.07) is 8.85. The van der Waals surface area contributed by atoms with E-state index in [-0.39, 0.29) is 5.91 Å². The summed E-state index contributed by atoms with van der Waals surface area (Å²) in [5, 5.41) is 3.41. The van der Waals surface area contributed by atoms with Crippen LogP contribution in [0.4, 0.5) is 5.69 Å². The second kappa shape index (κ2) is 6.39. The molecule has 2 aromatic rings. The van der Waals surface area contributed by atoms with Crippen LogP contribution in [0.15, 0.2) is 36.5 Å². The summed E-state index contributed by atoms with van der Waals surface area (Å²) in [7, 11) is 0. The molecule has 20 heavy (non-hydrogen) atoms. The van der Waals surface area contributed by atoms with Crippen LogP contribution in [0.25, 0.3) is 0 Å². The number of carbonyl (C=O) groups excluding carboxylic acids is 2. The first kappa shape index (κ1) is 14.3. The second-order valence-electron chi connectivity index (χ2n) is 4.50. The summed E-state index contributed by atoms with van der Waals surface area (Å²) in [4.78, 5) is 22.7. The summed E-state index contributed by atoms with van der Waals surface area (Å²) in [5.74, 6) is -0.110. The molecule has 0 spiro atoms. The van der Waals surface area contributed by atoms with Crippen molar-refractivity contribution < 1.29 is 9.59 Å². The van der Waals surface area contributed by atoms with Gasteiger partial charge in [0.15, 0.2) is 6.29 Å². The Morgan fingerprint density at radius 1 is 1.40 bits per heavy atom. The van der Waals surface area contributed by atoms with Crippen LogP contribution in [0.3, 0.4) is 0 Å². The van der Waals surface area contributed by atoms with Gasteiger partial charge in [-0.15, -0.1) is 0 Å². The molecule has 0 radical (unpaired) electrons. The predicted octanol–water partition coefficient (Wildman–Crippen LogP) is 3.29. The van der Waals surface area contributed by atoms with Gasteiger partial charge in [0.1, 0.15) is 0 Å².